The van der Waals surface area contributed by atoms with Gasteiger partial charge in [0.2, 0.25) is 0 Å². The molecule has 1 heterocycles. The topological polar surface area (TPSA) is 164 Å². The van der Waals surface area contributed by atoms with Gasteiger partial charge >= 0.3 is 12.2 Å². The molecule has 0 spiro atoms. The molecule has 0 N–H and O–H groups in total. The number of fused-ring (bicyclic) bond motifs is 1. The van der Waals surface area contributed by atoms with E-state index in [9.17, 15) is 29.8 Å². The number of rotatable bonds is 8. The fraction of sp³-hybridized carbons (Fsp3) is 0.417. The molecule has 1 aliphatic heterocycles. The first-order valence-corrected chi connectivity index (χ1v) is 11.5. The van der Waals surface area contributed by atoms with E-state index >= 15 is 0 Å². The Morgan fingerprint density at radius 2 is 1.58 bits per heavy atom. The number of nitro benzene ring substituents is 2. The van der Waals surface area contributed by atoms with Gasteiger partial charge in [0.1, 0.15) is 0 Å². The third-order valence-electron chi connectivity index (χ3n) is 6.14. The molecule has 0 aliphatic carbocycles. The summed E-state index contributed by atoms with van der Waals surface area (Å²) < 4.78 is 21.1. The van der Waals surface area contributed by atoms with E-state index in [2.05, 4.69) is 0 Å². The highest BCUT2D eigenvalue weighted by Gasteiger charge is 2.40. The van der Waals surface area contributed by atoms with Crippen molar-refractivity contribution in [3.8, 4) is 11.5 Å². The van der Waals surface area contributed by atoms with Gasteiger partial charge < -0.3 is 18.9 Å². The molecule has 3 rings (SSSR count). The molecule has 0 radical (unpaired) electrons. The summed E-state index contributed by atoms with van der Waals surface area (Å²) in [6.07, 6.45) is -1.14. The van der Waals surface area contributed by atoms with Gasteiger partial charge in [0.05, 0.1) is 62.1 Å². The van der Waals surface area contributed by atoms with Crippen molar-refractivity contribution in [1.29, 1.82) is 0 Å². The first-order valence-electron chi connectivity index (χ1n) is 11.5. The highest BCUT2D eigenvalue weighted by molar-refractivity contribution is 5.91. The maximum atomic E-state index is 13.0. The molecule has 1 aliphatic rings. The Bertz CT molecular complexity index is 1220. The number of non-ortho nitro benzene ring substituents is 2. The average Bonchev–Trinajstić information content (AvgIpc) is 2.89. The van der Waals surface area contributed by atoms with Crippen LogP contribution in [0.4, 0.5) is 26.7 Å². The molecule has 0 saturated carbocycles. The van der Waals surface area contributed by atoms with Crippen molar-refractivity contribution in [3.63, 3.8) is 0 Å². The molecule has 0 saturated heterocycles. The van der Waals surface area contributed by atoms with Crippen LogP contribution < -0.4 is 14.4 Å². The van der Waals surface area contributed by atoms with E-state index in [0.717, 1.165) is 18.2 Å². The van der Waals surface area contributed by atoms with E-state index in [1.165, 1.54) is 31.1 Å². The number of nitro groups is 2. The monoisotopic (exact) mass is 532 g/mol. The zero-order chi connectivity index (χ0) is 28.1. The first kappa shape index (κ1) is 28.0. The highest BCUT2D eigenvalue weighted by atomic mass is 16.6. The normalized spacial score (nSPS) is 16.2. The molecule has 2 aromatic rings. The number of carbonyl (C=O) groups is 2. The quantitative estimate of drug-likeness (QED) is 0.347. The Kier molecular flexibility index (Phi) is 8.55. The molecular weight excluding hydrogens is 504 g/mol. The minimum atomic E-state index is -0.776. The van der Waals surface area contributed by atoms with Gasteiger partial charge in [-0.15, -0.1) is 0 Å². The fourth-order valence-electron chi connectivity index (χ4n) is 4.49. The lowest BCUT2D eigenvalue weighted by molar-refractivity contribution is -0.394. The first-order chi connectivity index (χ1) is 18.1. The van der Waals surface area contributed by atoms with Gasteiger partial charge in [-0.2, -0.15) is 0 Å². The van der Waals surface area contributed by atoms with Gasteiger partial charge in [0.25, 0.3) is 11.4 Å². The largest absolute Gasteiger partial charge is 0.493 e. The van der Waals surface area contributed by atoms with Crippen molar-refractivity contribution in [1.82, 2.24) is 4.90 Å². The van der Waals surface area contributed by atoms with Gasteiger partial charge in [0, 0.05) is 29.8 Å². The number of anilines is 1. The Labute approximate surface area is 217 Å². The number of ether oxygens (including phenoxy) is 4. The standard InChI is InChI=1S/C24H28N4O10/c1-6-38-24(30)26-14(2)7-19(18-11-21(35-3)22(36-4)12-20(18)26)25(23(29)37-5)13-15-8-16(27(31)32)10-17(9-15)28(33)34/h8-12,14,19H,6-7,13H2,1-5H3. The van der Waals surface area contributed by atoms with Crippen molar-refractivity contribution in [2.45, 2.75) is 38.9 Å². The van der Waals surface area contributed by atoms with Gasteiger partial charge in [-0.25, -0.2) is 9.59 Å². The second kappa shape index (κ2) is 11.6. The minimum Gasteiger partial charge on any atom is -0.493 e. The van der Waals surface area contributed by atoms with Crippen LogP contribution in [-0.2, 0) is 16.0 Å². The van der Waals surface area contributed by atoms with Gasteiger partial charge in [-0.3, -0.25) is 30.0 Å². The lowest BCUT2D eigenvalue weighted by Gasteiger charge is -2.42. The molecule has 2 aromatic carbocycles. The number of methoxy groups -OCH3 is 3. The summed E-state index contributed by atoms with van der Waals surface area (Å²) in [7, 11) is 4.06. The molecule has 14 nitrogen and oxygen atoms in total. The Hall–Kier alpha value is -4.62. The van der Waals surface area contributed by atoms with Crippen LogP contribution in [0.1, 0.15) is 37.4 Å². The number of hydrogen-bond donors (Lipinski definition) is 0. The minimum absolute atomic E-state index is 0.147. The third kappa shape index (κ3) is 5.53. The molecule has 14 heteroatoms. The van der Waals surface area contributed by atoms with E-state index in [1.54, 1.807) is 26.0 Å². The molecule has 2 unspecified atom stereocenters. The Balaban J connectivity index is 2.18. The van der Waals surface area contributed by atoms with Crippen LogP contribution in [0.2, 0.25) is 0 Å². The predicted molar refractivity (Wildman–Crippen MR) is 134 cm³/mol. The molecular formula is C24H28N4O10. The molecule has 0 aromatic heterocycles. The maximum Gasteiger partial charge on any atom is 0.414 e. The zero-order valence-electron chi connectivity index (χ0n) is 21.5. The van der Waals surface area contributed by atoms with Crippen molar-refractivity contribution < 1.29 is 38.4 Å². The third-order valence-corrected chi connectivity index (χ3v) is 6.14. The van der Waals surface area contributed by atoms with E-state index in [-0.39, 0.29) is 25.1 Å². The van der Waals surface area contributed by atoms with Crippen LogP contribution in [0.3, 0.4) is 0 Å². The van der Waals surface area contributed by atoms with Gasteiger partial charge in [-0.1, -0.05) is 0 Å². The maximum absolute atomic E-state index is 13.0. The smallest absolute Gasteiger partial charge is 0.414 e. The molecule has 0 fully saturated rings. The lowest BCUT2D eigenvalue weighted by atomic mass is 9.90. The molecule has 2 atom stereocenters. The summed E-state index contributed by atoms with van der Waals surface area (Å²) in [5, 5.41) is 22.8. The fourth-order valence-corrected chi connectivity index (χ4v) is 4.49. The summed E-state index contributed by atoms with van der Waals surface area (Å²) in [5.74, 6) is 0.678. The molecule has 2 amide bonds. The second-order valence-corrected chi connectivity index (χ2v) is 8.41. The number of amides is 2. The molecule has 38 heavy (non-hydrogen) atoms. The summed E-state index contributed by atoms with van der Waals surface area (Å²) in [6.45, 7) is 3.35. The number of hydrogen-bond acceptors (Lipinski definition) is 10. The SMILES string of the molecule is CCOC(=O)N1c2cc(OC)c(OC)cc2C(N(Cc2cc([N+](=O)[O-])cc([N+](=O)[O-])c2)C(=O)OC)CC1C. The van der Waals surface area contributed by atoms with Crippen LogP contribution in [0.15, 0.2) is 30.3 Å². The Morgan fingerprint density at radius 3 is 2.08 bits per heavy atom. The zero-order valence-corrected chi connectivity index (χ0v) is 21.5. The second-order valence-electron chi connectivity index (χ2n) is 8.41. The van der Waals surface area contributed by atoms with Crippen LogP contribution in [0.5, 0.6) is 11.5 Å². The van der Waals surface area contributed by atoms with E-state index < -0.39 is 45.5 Å². The van der Waals surface area contributed by atoms with Crippen LogP contribution in [-0.4, -0.2) is 60.9 Å². The van der Waals surface area contributed by atoms with Crippen LogP contribution >= 0.6 is 0 Å². The average molecular weight is 533 g/mol. The highest BCUT2D eigenvalue weighted by Crippen LogP contribution is 2.46. The summed E-state index contributed by atoms with van der Waals surface area (Å²) in [4.78, 5) is 50.0. The van der Waals surface area contributed by atoms with Gasteiger partial charge in [0.15, 0.2) is 11.5 Å². The number of nitrogens with zero attached hydrogens (tertiary/aromatic N) is 4. The van der Waals surface area contributed by atoms with E-state index in [1.807, 2.05) is 0 Å². The van der Waals surface area contributed by atoms with Crippen molar-refractivity contribution in [2.24, 2.45) is 0 Å². The van der Waals surface area contributed by atoms with E-state index in [0.29, 0.717) is 22.7 Å². The van der Waals surface area contributed by atoms with Crippen molar-refractivity contribution >= 4 is 29.2 Å². The van der Waals surface area contributed by atoms with E-state index in [4.69, 9.17) is 18.9 Å². The van der Waals surface area contributed by atoms with Crippen molar-refractivity contribution in [2.75, 3.05) is 32.8 Å². The Morgan fingerprint density at radius 1 is 1.00 bits per heavy atom. The molecule has 204 valence electrons. The summed E-state index contributed by atoms with van der Waals surface area (Å²) in [6, 6.07) is 5.22. The summed E-state index contributed by atoms with van der Waals surface area (Å²) >= 11 is 0. The van der Waals surface area contributed by atoms with Crippen LogP contribution in [0.25, 0.3) is 0 Å². The number of benzene rings is 2. The van der Waals surface area contributed by atoms with Gasteiger partial charge in [-0.05, 0) is 31.9 Å². The van der Waals surface area contributed by atoms with Crippen LogP contribution in [0, 0.1) is 20.2 Å². The predicted octanol–water partition coefficient (Wildman–Crippen LogP) is 4.59. The summed E-state index contributed by atoms with van der Waals surface area (Å²) in [5.41, 5.74) is 0.0781. The lowest BCUT2D eigenvalue weighted by Crippen LogP contribution is -2.47. The molecule has 0 bridgehead atoms. The number of carbonyl (C=O) groups excluding carboxylic acids is 2. The van der Waals surface area contributed by atoms with Crippen molar-refractivity contribution in [3.05, 3.63) is 61.7 Å².